The predicted molar refractivity (Wildman–Crippen MR) is 80.4 cm³/mol. The quantitative estimate of drug-likeness (QED) is 0.910. The monoisotopic (exact) mass is 320 g/mol. The SMILES string of the molecule is CC[C@H](N)c1ccc(Oc2ccc(Br)c(C)c2)cn1. The van der Waals surface area contributed by atoms with Crippen molar-refractivity contribution in [1.82, 2.24) is 4.98 Å². The summed E-state index contributed by atoms with van der Waals surface area (Å²) in [5.74, 6) is 1.52. The maximum atomic E-state index is 5.92. The van der Waals surface area contributed by atoms with E-state index in [1.54, 1.807) is 6.20 Å². The molecule has 0 aliphatic carbocycles. The molecule has 0 unspecified atom stereocenters. The highest BCUT2D eigenvalue weighted by Gasteiger charge is 2.05. The number of aromatic nitrogens is 1. The van der Waals surface area contributed by atoms with Gasteiger partial charge in [0, 0.05) is 10.5 Å². The number of nitrogens with zero attached hydrogens (tertiary/aromatic N) is 1. The Morgan fingerprint density at radius 2 is 2.00 bits per heavy atom. The van der Waals surface area contributed by atoms with Gasteiger partial charge < -0.3 is 10.5 Å². The van der Waals surface area contributed by atoms with Gasteiger partial charge in [-0.2, -0.15) is 0 Å². The van der Waals surface area contributed by atoms with Crippen molar-refractivity contribution in [2.75, 3.05) is 0 Å². The molecule has 3 nitrogen and oxygen atoms in total. The summed E-state index contributed by atoms with van der Waals surface area (Å²) in [6.07, 6.45) is 2.58. The Bertz CT molecular complexity index is 555. The number of halogens is 1. The van der Waals surface area contributed by atoms with Gasteiger partial charge in [-0.15, -0.1) is 0 Å². The molecule has 0 radical (unpaired) electrons. The molecular weight excluding hydrogens is 304 g/mol. The van der Waals surface area contributed by atoms with Crippen molar-refractivity contribution < 1.29 is 4.74 Å². The number of rotatable bonds is 4. The predicted octanol–water partition coefficient (Wildman–Crippen LogP) is 4.35. The van der Waals surface area contributed by atoms with Crippen LogP contribution in [0.15, 0.2) is 41.0 Å². The molecule has 1 atom stereocenters. The highest BCUT2D eigenvalue weighted by atomic mass is 79.9. The van der Waals surface area contributed by atoms with Gasteiger partial charge in [0.25, 0.3) is 0 Å². The summed E-state index contributed by atoms with van der Waals surface area (Å²) in [5, 5.41) is 0. The molecule has 0 amide bonds. The zero-order valence-electron chi connectivity index (χ0n) is 11.1. The number of pyridine rings is 1. The van der Waals surface area contributed by atoms with Crippen LogP contribution in [-0.2, 0) is 0 Å². The zero-order valence-corrected chi connectivity index (χ0v) is 12.6. The number of nitrogens with two attached hydrogens (primary N) is 1. The van der Waals surface area contributed by atoms with Crippen LogP contribution in [-0.4, -0.2) is 4.98 Å². The summed E-state index contributed by atoms with van der Waals surface area (Å²) < 4.78 is 6.83. The number of hydrogen-bond acceptors (Lipinski definition) is 3. The lowest BCUT2D eigenvalue weighted by Crippen LogP contribution is -2.10. The van der Waals surface area contributed by atoms with Crippen LogP contribution in [0.3, 0.4) is 0 Å². The molecule has 0 fully saturated rings. The summed E-state index contributed by atoms with van der Waals surface area (Å²) in [6, 6.07) is 9.67. The molecule has 0 saturated carbocycles. The van der Waals surface area contributed by atoms with Crippen LogP contribution in [0.5, 0.6) is 11.5 Å². The van der Waals surface area contributed by atoms with E-state index in [2.05, 4.69) is 20.9 Å². The molecular formula is C15H17BrN2O. The Balaban J connectivity index is 2.12. The minimum atomic E-state index is -0.0102. The second-order valence-electron chi connectivity index (χ2n) is 4.45. The fraction of sp³-hybridized carbons (Fsp3) is 0.267. The lowest BCUT2D eigenvalue weighted by atomic mass is 10.1. The number of ether oxygens (including phenoxy) is 1. The van der Waals surface area contributed by atoms with Gasteiger partial charge in [-0.05, 0) is 49.2 Å². The summed E-state index contributed by atoms with van der Waals surface area (Å²) in [4.78, 5) is 4.33. The molecule has 2 N–H and O–H groups in total. The van der Waals surface area contributed by atoms with E-state index in [0.717, 1.165) is 27.9 Å². The first kappa shape index (κ1) is 14.0. The lowest BCUT2D eigenvalue weighted by Gasteiger charge is -2.10. The minimum Gasteiger partial charge on any atom is -0.456 e. The van der Waals surface area contributed by atoms with Crippen molar-refractivity contribution in [3.63, 3.8) is 0 Å². The van der Waals surface area contributed by atoms with E-state index < -0.39 is 0 Å². The minimum absolute atomic E-state index is 0.0102. The van der Waals surface area contributed by atoms with Crippen molar-refractivity contribution in [3.8, 4) is 11.5 Å². The Morgan fingerprint density at radius 3 is 2.58 bits per heavy atom. The van der Waals surface area contributed by atoms with Gasteiger partial charge in [-0.25, -0.2) is 0 Å². The molecule has 0 bridgehead atoms. The average Bonchev–Trinajstić information content (AvgIpc) is 2.43. The van der Waals surface area contributed by atoms with E-state index in [4.69, 9.17) is 10.5 Å². The second kappa shape index (κ2) is 6.17. The molecule has 1 aromatic heterocycles. The number of aryl methyl sites for hydroxylation is 1. The molecule has 2 aromatic rings. The van der Waals surface area contributed by atoms with Crippen molar-refractivity contribution >= 4 is 15.9 Å². The van der Waals surface area contributed by atoms with Crippen LogP contribution < -0.4 is 10.5 Å². The molecule has 0 aliphatic rings. The van der Waals surface area contributed by atoms with Crippen LogP contribution >= 0.6 is 15.9 Å². The van der Waals surface area contributed by atoms with Gasteiger partial charge in [-0.1, -0.05) is 22.9 Å². The van der Waals surface area contributed by atoms with Gasteiger partial charge in [-0.3, -0.25) is 4.98 Å². The van der Waals surface area contributed by atoms with Gasteiger partial charge in [0.15, 0.2) is 0 Å². The Kier molecular flexibility index (Phi) is 4.56. The molecule has 0 spiro atoms. The van der Waals surface area contributed by atoms with E-state index in [1.165, 1.54) is 0 Å². The summed E-state index contributed by atoms with van der Waals surface area (Å²) in [5.41, 5.74) is 7.95. The van der Waals surface area contributed by atoms with Gasteiger partial charge in [0.1, 0.15) is 11.5 Å². The summed E-state index contributed by atoms with van der Waals surface area (Å²) in [7, 11) is 0. The van der Waals surface area contributed by atoms with Crippen LogP contribution in [0.25, 0.3) is 0 Å². The normalized spacial score (nSPS) is 12.2. The van der Waals surface area contributed by atoms with Crippen molar-refractivity contribution in [2.45, 2.75) is 26.3 Å². The van der Waals surface area contributed by atoms with Crippen LogP contribution in [0, 0.1) is 6.92 Å². The maximum Gasteiger partial charge on any atom is 0.145 e. The Morgan fingerprint density at radius 1 is 1.26 bits per heavy atom. The van der Waals surface area contributed by atoms with E-state index in [0.29, 0.717) is 5.75 Å². The van der Waals surface area contributed by atoms with E-state index in [1.807, 2.05) is 44.2 Å². The zero-order chi connectivity index (χ0) is 13.8. The molecule has 1 heterocycles. The standard InChI is InChI=1S/C15H17BrN2O/c1-3-14(17)15-7-5-12(9-18-15)19-11-4-6-13(16)10(2)8-11/h4-9,14H,3,17H2,1-2H3/t14-/m0/s1. The second-order valence-corrected chi connectivity index (χ2v) is 5.30. The first-order chi connectivity index (χ1) is 9.10. The molecule has 4 heteroatoms. The van der Waals surface area contributed by atoms with E-state index in [9.17, 15) is 0 Å². The highest BCUT2D eigenvalue weighted by molar-refractivity contribution is 9.10. The third kappa shape index (κ3) is 3.55. The molecule has 2 rings (SSSR count). The number of benzene rings is 1. The van der Waals surface area contributed by atoms with Crippen LogP contribution in [0.1, 0.15) is 30.6 Å². The summed E-state index contributed by atoms with van der Waals surface area (Å²) in [6.45, 7) is 4.07. The first-order valence-corrected chi connectivity index (χ1v) is 7.05. The maximum absolute atomic E-state index is 5.92. The summed E-state index contributed by atoms with van der Waals surface area (Å²) >= 11 is 3.47. The van der Waals surface area contributed by atoms with Crippen LogP contribution in [0.4, 0.5) is 0 Å². The third-order valence-corrected chi connectivity index (χ3v) is 3.83. The van der Waals surface area contributed by atoms with Gasteiger partial charge in [0.05, 0.1) is 11.9 Å². The Labute approximate surface area is 121 Å². The van der Waals surface area contributed by atoms with Crippen molar-refractivity contribution in [3.05, 3.63) is 52.3 Å². The van der Waals surface area contributed by atoms with Crippen molar-refractivity contribution in [1.29, 1.82) is 0 Å². The third-order valence-electron chi connectivity index (χ3n) is 2.94. The van der Waals surface area contributed by atoms with Gasteiger partial charge in [0.2, 0.25) is 0 Å². The fourth-order valence-electron chi connectivity index (χ4n) is 1.70. The largest absolute Gasteiger partial charge is 0.456 e. The topological polar surface area (TPSA) is 48.1 Å². The van der Waals surface area contributed by atoms with E-state index in [-0.39, 0.29) is 6.04 Å². The molecule has 0 aliphatic heterocycles. The fourth-order valence-corrected chi connectivity index (χ4v) is 1.94. The first-order valence-electron chi connectivity index (χ1n) is 6.25. The van der Waals surface area contributed by atoms with Crippen LogP contribution in [0.2, 0.25) is 0 Å². The van der Waals surface area contributed by atoms with Crippen molar-refractivity contribution in [2.24, 2.45) is 5.73 Å². The molecule has 0 saturated heterocycles. The van der Waals surface area contributed by atoms with Gasteiger partial charge >= 0.3 is 0 Å². The Hall–Kier alpha value is -1.39. The molecule has 19 heavy (non-hydrogen) atoms. The highest BCUT2D eigenvalue weighted by Crippen LogP contribution is 2.26. The lowest BCUT2D eigenvalue weighted by molar-refractivity contribution is 0.478. The van der Waals surface area contributed by atoms with E-state index >= 15 is 0 Å². The molecule has 100 valence electrons. The smallest absolute Gasteiger partial charge is 0.145 e. The number of hydrogen-bond donors (Lipinski definition) is 1. The molecule has 1 aromatic carbocycles. The average molecular weight is 321 g/mol.